The zero-order valence-corrected chi connectivity index (χ0v) is 16.0. The number of hydrogen-bond donors (Lipinski definition) is 1. The maximum atomic E-state index is 13.1. The third-order valence-electron chi connectivity index (χ3n) is 5.65. The van der Waals surface area contributed by atoms with Gasteiger partial charge in [0.25, 0.3) is 0 Å². The summed E-state index contributed by atoms with van der Waals surface area (Å²) in [5.74, 6) is -0.368. The van der Waals surface area contributed by atoms with Crippen molar-refractivity contribution in [3.05, 3.63) is 30.1 Å². The quantitative estimate of drug-likeness (QED) is 0.871. The van der Waals surface area contributed by atoms with Gasteiger partial charge in [-0.25, -0.2) is 12.8 Å². The highest BCUT2D eigenvalue weighted by Gasteiger charge is 2.34. The first-order valence-electron chi connectivity index (χ1n) is 9.44. The lowest BCUT2D eigenvalue weighted by molar-refractivity contribution is -0.127. The molecule has 1 amide bonds. The van der Waals surface area contributed by atoms with Crippen molar-refractivity contribution in [2.24, 2.45) is 11.8 Å². The van der Waals surface area contributed by atoms with Gasteiger partial charge in [-0.3, -0.25) is 4.79 Å². The second-order valence-electron chi connectivity index (χ2n) is 7.53. The van der Waals surface area contributed by atoms with Crippen LogP contribution in [-0.4, -0.2) is 37.8 Å². The van der Waals surface area contributed by atoms with E-state index in [0.29, 0.717) is 25.3 Å². The van der Waals surface area contributed by atoms with Gasteiger partial charge in [0, 0.05) is 19.1 Å². The molecule has 5 nitrogen and oxygen atoms in total. The highest BCUT2D eigenvalue weighted by molar-refractivity contribution is 7.89. The summed E-state index contributed by atoms with van der Waals surface area (Å²) >= 11 is 0. The molecule has 0 radical (unpaired) electrons. The number of piperidine rings is 1. The molecule has 3 rings (SSSR count). The van der Waals surface area contributed by atoms with Crippen molar-refractivity contribution in [1.29, 1.82) is 0 Å². The number of benzene rings is 1. The lowest BCUT2D eigenvalue weighted by Crippen LogP contribution is -2.49. The maximum Gasteiger partial charge on any atom is 0.243 e. The Morgan fingerprint density at radius 2 is 1.81 bits per heavy atom. The summed E-state index contributed by atoms with van der Waals surface area (Å²) < 4.78 is 40.0. The smallest absolute Gasteiger partial charge is 0.243 e. The fourth-order valence-corrected chi connectivity index (χ4v) is 5.49. The summed E-state index contributed by atoms with van der Waals surface area (Å²) in [6.45, 7) is 2.74. The average molecular weight is 383 g/mol. The molecule has 1 N–H and O–H groups in total. The number of nitrogens with one attached hydrogen (secondary N) is 1. The van der Waals surface area contributed by atoms with E-state index in [1.807, 2.05) is 0 Å². The summed E-state index contributed by atoms with van der Waals surface area (Å²) in [5.41, 5.74) is 0. The van der Waals surface area contributed by atoms with Gasteiger partial charge in [-0.2, -0.15) is 4.31 Å². The van der Waals surface area contributed by atoms with E-state index in [0.717, 1.165) is 31.4 Å². The Labute approximate surface area is 155 Å². The van der Waals surface area contributed by atoms with E-state index in [4.69, 9.17) is 0 Å². The zero-order valence-electron chi connectivity index (χ0n) is 15.2. The van der Waals surface area contributed by atoms with Crippen molar-refractivity contribution in [2.45, 2.75) is 56.4 Å². The predicted octanol–water partition coefficient (Wildman–Crippen LogP) is 2.92. The van der Waals surface area contributed by atoms with Crippen molar-refractivity contribution >= 4 is 15.9 Å². The van der Waals surface area contributed by atoms with Gasteiger partial charge in [-0.15, -0.1) is 0 Å². The summed E-state index contributed by atoms with van der Waals surface area (Å²) in [4.78, 5) is 12.8. The molecule has 2 aliphatic rings. The largest absolute Gasteiger partial charge is 0.353 e. The van der Waals surface area contributed by atoms with Crippen LogP contribution in [0.2, 0.25) is 0 Å². The Morgan fingerprint density at radius 1 is 1.12 bits per heavy atom. The Kier molecular flexibility index (Phi) is 5.97. The highest BCUT2D eigenvalue weighted by Crippen LogP contribution is 2.27. The van der Waals surface area contributed by atoms with Gasteiger partial charge >= 0.3 is 0 Å². The van der Waals surface area contributed by atoms with Gasteiger partial charge < -0.3 is 5.32 Å². The van der Waals surface area contributed by atoms with Crippen LogP contribution in [-0.2, 0) is 14.8 Å². The molecule has 1 aromatic carbocycles. The van der Waals surface area contributed by atoms with Crippen LogP contribution in [0.5, 0.6) is 0 Å². The Balaban J connectivity index is 1.66. The van der Waals surface area contributed by atoms with Gasteiger partial charge in [0.1, 0.15) is 5.82 Å². The predicted molar refractivity (Wildman–Crippen MR) is 97.4 cm³/mol. The van der Waals surface area contributed by atoms with E-state index in [1.165, 1.54) is 22.9 Å². The molecule has 0 spiro atoms. The number of rotatable bonds is 4. The number of carbonyl (C=O) groups excluding carboxylic acids is 1. The minimum absolute atomic E-state index is 0.0391. The fourth-order valence-electron chi connectivity index (χ4n) is 3.96. The molecule has 26 heavy (non-hydrogen) atoms. The van der Waals surface area contributed by atoms with Crippen molar-refractivity contribution < 1.29 is 17.6 Å². The standard InChI is InChI=1S/C19H27FN2O3S/c1-14-5-2-3-7-18(14)21-19(23)15-6-4-12-22(13-15)26(24,25)17-10-8-16(20)9-11-17/h8-11,14-15,18H,2-7,12-13H2,1H3,(H,21,23)/t14-,15+,18+/m0/s1. The molecule has 1 aliphatic heterocycles. The number of halogens is 1. The molecule has 0 bridgehead atoms. The highest BCUT2D eigenvalue weighted by atomic mass is 32.2. The van der Waals surface area contributed by atoms with E-state index >= 15 is 0 Å². The molecule has 144 valence electrons. The molecule has 1 heterocycles. The topological polar surface area (TPSA) is 66.5 Å². The van der Waals surface area contributed by atoms with Crippen LogP contribution in [0.1, 0.15) is 45.4 Å². The fraction of sp³-hybridized carbons (Fsp3) is 0.632. The van der Waals surface area contributed by atoms with E-state index < -0.39 is 15.8 Å². The second-order valence-corrected chi connectivity index (χ2v) is 9.47. The van der Waals surface area contributed by atoms with E-state index in [1.54, 1.807) is 0 Å². The van der Waals surface area contributed by atoms with E-state index in [2.05, 4.69) is 12.2 Å². The van der Waals surface area contributed by atoms with E-state index in [9.17, 15) is 17.6 Å². The van der Waals surface area contributed by atoms with Crippen molar-refractivity contribution in [2.75, 3.05) is 13.1 Å². The molecule has 1 aliphatic carbocycles. The van der Waals surface area contributed by atoms with Crippen LogP contribution < -0.4 is 5.32 Å². The van der Waals surface area contributed by atoms with Crippen LogP contribution in [0, 0.1) is 17.7 Å². The Hall–Kier alpha value is -1.47. The van der Waals surface area contributed by atoms with Crippen molar-refractivity contribution in [3.63, 3.8) is 0 Å². The van der Waals surface area contributed by atoms with Gasteiger partial charge in [0.2, 0.25) is 15.9 Å². The first-order valence-corrected chi connectivity index (χ1v) is 10.9. The minimum atomic E-state index is -3.70. The number of nitrogens with zero attached hydrogens (tertiary/aromatic N) is 1. The summed E-state index contributed by atoms with van der Waals surface area (Å²) in [6.07, 6.45) is 5.81. The van der Waals surface area contributed by atoms with Crippen molar-refractivity contribution in [1.82, 2.24) is 9.62 Å². The van der Waals surface area contributed by atoms with Gasteiger partial charge in [-0.05, 0) is 55.9 Å². The van der Waals surface area contributed by atoms with Gasteiger partial charge in [-0.1, -0.05) is 19.8 Å². The van der Waals surface area contributed by atoms with E-state index in [-0.39, 0.29) is 29.3 Å². The number of carbonyl (C=O) groups is 1. The Bertz CT molecular complexity index is 736. The molecule has 3 atom stereocenters. The summed E-state index contributed by atoms with van der Waals surface area (Å²) in [7, 11) is -3.70. The van der Waals surface area contributed by atoms with Crippen molar-refractivity contribution in [3.8, 4) is 0 Å². The third kappa shape index (κ3) is 4.26. The van der Waals surface area contributed by atoms with Crippen LogP contribution in [0.25, 0.3) is 0 Å². The normalized spacial score (nSPS) is 27.8. The number of amides is 1. The number of sulfonamides is 1. The molecule has 2 fully saturated rings. The Morgan fingerprint density at radius 3 is 2.50 bits per heavy atom. The molecule has 1 saturated carbocycles. The molecular weight excluding hydrogens is 355 g/mol. The molecule has 1 saturated heterocycles. The van der Waals surface area contributed by atoms with Crippen LogP contribution in [0.4, 0.5) is 4.39 Å². The first-order chi connectivity index (χ1) is 12.4. The lowest BCUT2D eigenvalue weighted by atomic mass is 9.85. The first kappa shape index (κ1) is 19.3. The second kappa shape index (κ2) is 8.05. The van der Waals surface area contributed by atoms with Crippen LogP contribution in [0.15, 0.2) is 29.2 Å². The third-order valence-corrected chi connectivity index (χ3v) is 7.52. The van der Waals surface area contributed by atoms with Crippen LogP contribution >= 0.6 is 0 Å². The molecule has 1 aromatic rings. The van der Waals surface area contributed by atoms with Gasteiger partial charge in [0.05, 0.1) is 10.8 Å². The average Bonchev–Trinajstić information content (AvgIpc) is 2.64. The molecule has 0 aromatic heterocycles. The lowest BCUT2D eigenvalue weighted by Gasteiger charge is -2.34. The summed E-state index contributed by atoms with van der Waals surface area (Å²) in [5, 5.41) is 3.15. The van der Waals surface area contributed by atoms with Crippen LogP contribution in [0.3, 0.4) is 0 Å². The minimum Gasteiger partial charge on any atom is -0.353 e. The zero-order chi connectivity index (χ0) is 18.7. The monoisotopic (exact) mass is 382 g/mol. The molecule has 7 heteroatoms. The number of hydrogen-bond acceptors (Lipinski definition) is 3. The molecular formula is C19H27FN2O3S. The summed E-state index contributed by atoms with van der Waals surface area (Å²) in [6, 6.07) is 5.04. The SMILES string of the molecule is C[C@H]1CCCC[C@H]1NC(=O)[C@@H]1CCCN(S(=O)(=O)c2ccc(F)cc2)C1. The van der Waals surface area contributed by atoms with Gasteiger partial charge in [0.15, 0.2) is 0 Å². The maximum absolute atomic E-state index is 13.1. The molecule has 0 unspecified atom stereocenters.